The van der Waals surface area contributed by atoms with E-state index in [2.05, 4.69) is 0 Å². The molecule has 84 heavy (non-hydrogen) atoms. The molecule has 1 spiro atoms. The Hall–Kier alpha value is -0.823. The Morgan fingerprint density at radius 3 is 1.14 bits per heavy atom. The molecule has 10 fully saturated rings. The highest BCUT2D eigenvalue weighted by atomic mass is 35.8. The lowest BCUT2D eigenvalue weighted by Gasteiger charge is -2.50. The predicted molar refractivity (Wildman–Crippen MR) is 286 cm³/mol. The quantitative estimate of drug-likeness (QED) is 0.0832. The fraction of sp³-hybridized carbons (Fsp3) is 0.982. The van der Waals surface area contributed by atoms with Crippen LogP contribution in [-0.2, 0) is 14.3 Å². The van der Waals surface area contributed by atoms with Crippen molar-refractivity contribution in [2.24, 2.45) is 106 Å². The first-order valence-corrected chi connectivity index (χ1v) is 33.0. The second-order valence-corrected chi connectivity index (χ2v) is 36.1. The molecule has 2 N–H and O–H groups in total. The molecule has 10 aliphatic carbocycles. The Morgan fingerprint density at radius 1 is 0.488 bits per heavy atom. The second-order valence-electron chi connectivity index (χ2n) is 27.2. The first-order valence-electron chi connectivity index (χ1n) is 27.9. The largest absolute Gasteiger partial charge is 0.457 e. The number of fused-ring (bicyclic) bond motifs is 8. The van der Waals surface area contributed by atoms with Gasteiger partial charge in [0.25, 0.3) is 16.8 Å². The third-order valence-electron chi connectivity index (χ3n) is 22.5. The third-order valence-corrected chi connectivity index (χ3v) is 26.6. The van der Waals surface area contributed by atoms with Crippen LogP contribution in [0.4, 0.5) is 79.0 Å². The van der Waals surface area contributed by atoms with Gasteiger partial charge < -0.3 is 19.7 Å². The van der Waals surface area contributed by atoms with E-state index in [1.807, 2.05) is 34.6 Å². The molecule has 0 saturated heterocycles. The first kappa shape index (κ1) is 75.6. The predicted octanol–water partition coefficient (Wildman–Crippen LogP) is 19.7. The van der Waals surface area contributed by atoms with Gasteiger partial charge in [0.2, 0.25) is 0 Å². The minimum Gasteiger partial charge on any atom is -0.457 e. The van der Waals surface area contributed by atoms with Gasteiger partial charge in [-0.1, -0.05) is 57.4 Å². The van der Waals surface area contributed by atoms with Gasteiger partial charge in [0.1, 0.15) is 12.2 Å². The fourth-order valence-corrected chi connectivity index (χ4v) is 22.5. The molecule has 0 aliphatic heterocycles. The van der Waals surface area contributed by atoms with Gasteiger partial charge in [-0.2, -0.15) is 79.0 Å². The molecule has 0 amide bonds. The average molecular weight is 1330 g/mol. The van der Waals surface area contributed by atoms with Gasteiger partial charge in [0.05, 0.1) is 0 Å². The number of hydrogen-bond donors (Lipinski definition) is 2. The smallest absolute Gasteiger partial charge is 0.426 e. The maximum absolute atomic E-state index is 14.3. The van der Waals surface area contributed by atoms with Crippen LogP contribution in [0.15, 0.2) is 0 Å². The van der Waals surface area contributed by atoms with E-state index in [4.69, 9.17) is 42.7 Å². The molecule has 0 heterocycles. The summed E-state index contributed by atoms with van der Waals surface area (Å²) < 4.78 is 250. The molecule has 10 aliphatic rings. The zero-order chi connectivity index (χ0) is 60.1. The summed E-state index contributed by atoms with van der Waals surface area (Å²) in [5.41, 5.74) is -14.6. The third kappa shape index (κ3) is 13.2. The molecule has 9 bridgehead atoms. The Morgan fingerprint density at radius 2 is 0.821 bits per heavy atom. The number of rotatable bonds is 13. The molecular weight excluding hydrogens is 1240 g/mol. The molecule has 0 aromatic rings. The van der Waals surface area contributed by atoms with Gasteiger partial charge in [-0.3, -0.25) is 0 Å². The number of carbonyl (C=O) groups excluding carboxylic acids is 1. The first-order chi connectivity index (χ1) is 36.1. The Bertz CT molecular complexity index is 2170. The van der Waals surface area contributed by atoms with Crippen molar-refractivity contribution in [3.05, 3.63) is 0 Å². The van der Waals surface area contributed by atoms with Crippen LogP contribution in [0.25, 0.3) is 0 Å². The molecule has 0 aromatic carbocycles. The maximum atomic E-state index is 14.3. The molecule has 27 heteroatoms. The summed E-state index contributed by atoms with van der Waals surface area (Å²) in [5, 5.41) is 18.7. The minimum absolute atomic E-state index is 0. The Kier molecular flexibility index (Phi) is 22.2. The second kappa shape index (κ2) is 24.7. The van der Waals surface area contributed by atoms with E-state index < -0.39 is 127 Å². The fourth-order valence-electron chi connectivity index (χ4n) is 18.7. The highest BCUT2D eigenvalue weighted by Crippen LogP contribution is 2.78. The topological polar surface area (TPSA) is 76.0 Å². The van der Waals surface area contributed by atoms with Crippen LogP contribution in [0.5, 0.6) is 0 Å². The lowest BCUT2D eigenvalue weighted by Crippen LogP contribution is -2.61. The standard InChI is InChI=1S/C28H38F6O3.C14H20F6O.C11H13Cl3F6OSi.4CH4/c1-14(2)21-5-15-4-16(22(21)6-15)10-26(27(29,30)31,28(32,33)34)36-13-23(35)37-24(3)19-8-17-7-18-9-20(24)12-25(17,18)11-19;1-7(2)10-4-8-3-9(11(10)5-8)6-12(21,13(15,16)17)14(18,19)20;12-22(13,14)8-3-5-1-6(7(8)2-5)4-9(21,10(15,16)17)11(18,19)20;;;;/h14-22H,4-13H2,1-3H3;7-11,21H,3-6H2,1-2H3;5-8,21H,1-4H2;4*1H4. The number of aliphatic hydroxyl groups is 2. The number of esters is 1. The molecule has 16 unspecified atom stereocenters. The maximum Gasteiger partial charge on any atom is 0.426 e. The summed E-state index contributed by atoms with van der Waals surface area (Å²) in [4.78, 5) is 12.9. The summed E-state index contributed by atoms with van der Waals surface area (Å²) in [6, 6.07) is -3.21. The van der Waals surface area contributed by atoms with Gasteiger partial charge in [0.15, 0.2) is 0 Å². The molecule has 10 rings (SSSR count). The monoisotopic (exact) mass is 1330 g/mol. The van der Waals surface area contributed by atoms with Crippen molar-refractivity contribution in [2.45, 2.75) is 238 Å². The van der Waals surface area contributed by atoms with Crippen LogP contribution >= 0.6 is 33.2 Å². The van der Waals surface area contributed by atoms with E-state index in [1.165, 1.54) is 6.42 Å². The van der Waals surface area contributed by atoms with Gasteiger partial charge in [0, 0.05) is 0 Å². The lowest BCUT2D eigenvalue weighted by atomic mass is 9.55. The van der Waals surface area contributed by atoms with Crippen molar-refractivity contribution < 1.29 is 104 Å². The Balaban J connectivity index is 0.000000281. The number of halogens is 21. The van der Waals surface area contributed by atoms with Crippen LogP contribution in [0.2, 0.25) is 5.54 Å². The van der Waals surface area contributed by atoms with E-state index in [1.54, 1.807) is 0 Å². The molecule has 0 aromatic heterocycles. The van der Waals surface area contributed by atoms with Crippen molar-refractivity contribution in [3.8, 4) is 0 Å². The SMILES string of the molecule is C.C.C.C.CC(C)C1CC2CC(CC(O)(C(F)(F)F)C(F)(F)F)C1C2.CC(C)C1CC2CC(CC(OCC(=O)OC3(C)C4CC5CC6CC3CC56C4)(C(F)(F)F)C(F)(F)F)C1C2.OC(CC1CC2CC1C([Si](Cl)(Cl)Cl)C2)(C(F)(F)F)C(F)(F)F. The summed E-state index contributed by atoms with van der Waals surface area (Å²) in [6.07, 6.45) is -28.3. The summed E-state index contributed by atoms with van der Waals surface area (Å²) in [5.74, 6) is -1.79. The van der Waals surface area contributed by atoms with Crippen molar-refractivity contribution >= 4 is 45.2 Å². The summed E-state index contributed by atoms with van der Waals surface area (Å²) in [7, 11) is 0. The molecule has 5 nitrogen and oxygen atoms in total. The Labute approximate surface area is 498 Å². The molecule has 10 saturated carbocycles. The number of ether oxygens (including phenoxy) is 2. The number of hydrogen-bond acceptors (Lipinski definition) is 5. The summed E-state index contributed by atoms with van der Waals surface area (Å²) >= 11 is 17.7. The van der Waals surface area contributed by atoms with Gasteiger partial charge in [-0.15, -0.1) is 33.2 Å². The molecule has 16 atom stereocenters. The highest BCUT2D eigenvalue weighted by Gasteiger charge is 2.77. The van der Waals surface area contributed by atoms with Gasteiger partial charge >= 0.3 is 49.0 Å². The van der Waals surface area contributed by atoms with Crippen molar-refractivity contribution in [2.75, 3.05) is 6.61 Å². The van der Waals surface area contributed by atoms with Crippen LogP contribution < -0.4 is 0 Å². The van der Waals surface area contributed by atoms with Gasteiger partial charge in [-0.25, -0.2) is 4.79 Å². The normalized spacial score (nSPS) is 37.5. The van der Waals surface area contributed by atoms with E-state index in [0.717, 1.165) is 38.5 Å². The zero-order valence-corrected chi connectivity index (χ0v) is 47.9. The van der Waals surface area contributed by atoms with Crippen LogP contribution in [0.3, 0.4) is 0 Å². The van der Waals surface area contributed by atoms with Crippen molar-refractivity contribution in [3.63, 3.8) is 0 Å². The van der Waals surface area contributed by atoms with E-state index in [-0.39, 0.29) is 101 Å². The van der Waals surface area contributed by atoms with Crippen molar-refractivity contribution in [1.29, 1.82) is 0 Å². The van der Waals surface area contributed by atoms with E-state index in [9.17, 15) is 94.0 Å². The van der Waals surface area contributed by atoms with Crippen LogP contribution in [0, 0.1) is 106 Å². The number of alkyl halides is 18. The highest BCUT2D eigenvalue weighted by molar-refractivity contribution is 7.65. The average Bonchev–Trinajstić information content (AvgIpc) is 1.59. The van der Waals surface area contributed by atoms with Crippen molar-refractivity contribution in [1.82, 2.24) is 0 Å². The van der Waals surface area contributed by atoms with Crippen LogP contribution in [0.1, 0.15) is 173 Å². The molecular formula is C57H87Cl3F18O5Si. The zero-order valence-electron chi connectivity index (χ0n) is 44.7. The van der Waals surface area contributed by atoms with Crippen LogP contribution in [-0.4, -0.2) is 88.3 Å². The molecule has 496 valence electrons. The van der Waals surface area contributed by atoms with E-state index in [0.29, 0.717) is 55.8 Å². The van der Waals surface area contributed by atoms with E-state index >= 15 is 0 Å². The minimum atomic E-state index is -5.79. The lowest BCUT2D eigenvalue weighted by molar-refractivity contribution is -0.385. The molecule has 0 radical (unpaired) electrons. The van der Waals surface area contributed by atoms with Gasteiger partial charge in [-0.05, 0) is 228 Å². The summed E-state index contributed by atoms with van der Waals surface area (Å²) in [6.45, 7) is 8.33. The number of carbonyl (C=O) groups is 1.